The van der Waals surface area contributed by atoms with Gasteiger partial charge in [0.15, 0.2) is 0 Å². The number of anilines is 1. The van der Waals surface area contributed by atoms with E-state index in [-0.39, 0.29) is 12.1 Å². The lowest BCUT2D eigenvalue weighted by atomic mass is 10.2. The number of rotatable bonds is 3. The van der Waals surface area contributed by atoms with Gasteiger partial charge in [0.1, 0.15) is 5.82 Å². The highest BCUT2D eigenvalue weighted by molar-refractivity contribution is 5.89. The van der Waals surface area contributed by atoms with Gasteiger partial charge < -0.3 is 14.7 Å². The molecule has 5 heteroatoms. The maximum absolute atomic E-state index is 11.5. The lowest BCUT2D eigenvalue weighted by Gasteiger charge is -2.21. The summed E-state index contributed by atoms with van der Waals surface area (Å²) in [5.74, 6) is 0.509. The second-order valence-corrected chi connectivity index (χ2v) is 4.70. The Morgan fingerprint density at radius 3 is 3.00 bits per heavy atom. The predicted octanol–water partition coefficient (Wildman–Crippen LogP) is 1.61. The molecule has 1 aromatic heterocycles. The van der Waals surface area contributed by atoms with Crippen LogP contribution in [0.1, 0.15) is 36.5 Å². The Morgan fingerprint density at radius 1 is 1.47 bits per heavy atom. The van der Waals surface area contributed by atoms with Crippen molar-refractivity contribution in [1.29, 1.82) is 0 Å². The van der Waals surface area contributed by atoms with Gasteiger partial charge >= 0.3 is 5.97 Å². The molecule has 0 bridgehead atoms. The van der Waals surface area contributed by atoms with Crippen LogP contribution in [-0.4, -0.2) is 41.9 Å². The molecule has 0 radical (unpaired) electrons. The van der Waals surface area contributed by atoms with Crippen LogP contribution in [0.4, 0.5) is 5.82 Å². The van der Waals surface area contributed by atoms with Crippen molar-refractivity contribution < 1.29 is 14.6 Å². The van der Waals surface area contributed by atoms with Crippen LogP contribution in [0, 0.1) is 0 Å². The van der Waals surface area contributed by atoms with Gasteiger partial charge in [0, 0.05) is 19.3 Å². The summed E-state index contributed by atoms with van der Waals surface area (Å²) >= 11 is 0. The molecule has 5 nitrogen and oxygen atoms in total. The van der Waals surface area contributed by atoms with E-state index in [1.54, 1.807) is 19.2 Å². The molecule has 0 aromatic carbocycles. The molecule has 1 fully saturated rings. The third kappa shape index (κ3) is 3.67. The number of carbonyl (C=O) groups is 1. The second kappa shape index (κ2) is 6.52. The highest BCUT2D eigenvalue weighted by Crippen LogP contribution is 2.18. The van der Waals surface area contributed by atoms with Gasteiger partial charge in [-0.1, -0.05) is 0 Å². The molecule has 2 heterocycles. The molecule has 104 valence electrons. The van der Waals surface area contributed by atoms with Crippen LogP contribution >= 0.6 is 0 Å². The van der Waals surface area contributed by atoms with Crippen molar-refractivity contribution in [2.45, 2.75) is 32.3 Å². The fourth-order valence-electron chi connectivity index (χ4n) is 2.22. The van der Waals surface area contributed by atoms with Crippen LogP contribution in [0.25, 0.3) is 0 Å². The van der Waals surface area contributed by atoms with Gasteiger partial charge in [-0.25, -0.2) is 9.78 Å². The summed E-state index contributed by atoms with van der Waals surface area (Å²) in [7, 11) is 0. The van der Waals surface area contributed by atoms with Crippen LogP contribution in [-0.2, 0) is 4.74 Å². The lowest BCUT2D eigenvalue weighted by molar-refractivity contribution is 0.0526. The first-order chi connectivity index (χ1) is 9.20. The third-order valence-corrected chi connectivity index (χ3v) is 3.28. The average molecular weight is 264 g/mol. The number of pyridine rings is 1. The van der Waals surface area contributed by atoms with Crippen LogP contribution < -0.4 is 4.90 Å². The van der Waals surface area contributed by atoms with Crippen LogP contribution in [0.15, 0.2) is 18.3 Å². The number of hydrogen-bond donors (Lipinski definition) is 1. The highest BCUT2D eigenvalue weighted by Gasteiger charge is 2.16. The van der Waals surface area contributed by atoms with E-state index >= 15 is 0 Å². The van der Waals surface area contributed by atoms with Crippen molar-refractivity contribution in [2.24, 2.45) is 0 Å². The largest absolute Gasteiger partial charge is 0.462 e. The van der Waals surface area contributed by atoms with Crippen molar-refractivity contribution in [3.8, 4) is 0 Å². The minimum Gasteiger partial charge on any atom is -0.462 e. The molecule has 2 rings (SSSR count). The first-order valence-corrected chi connectivity index (χ1v) is 6.77. The zero-order valence-corrected chi connectivity index (χ0v) is 11.2. The second-order valence-electron chi connectivity index (χ2n) is 4.70. The predicted molar refractivity (Wildman–Crippen MR) is 72.3 cm³/mol. The number of carbonyl (C=O) groups excluding carboxylic acids is 1. The van der Waals surface area contributed by atoms with Crippen molar-refractivity contribution >= 4 is 11.8 Å². The van der Waals surface area contributed by atoms with Crippen molar-refractivity contribution in [3.05, 3.63) is 23.9 Å². The van der Waals surface area contributed by atoms with Crippen LogP contribution in [0.2, 0.25) is 0 Å². The summed E-state index contributed by atoms with van der Waals surface area (Å²) in [6, 6.07) is 3.58. The molecule has 1 aromatic rings. The number of ether oxygens (including phenoxy) is 1. The van der Waals surface area contributed by atoms with E-state index in [2.05, 4.69) is 9.88 Å². The molecule has 1 aliphatic rings. The molecule has 1 unspecified atom stereocenters. The molecule has 0 spiro atoms. The Kier molecular flexibility index (Phi) is 4.74. The minimum atomic E-state index is -0.340. The third-order valence-electron chi connectivity index (χ3n) is 3.28. The maximum Gasteiger partial charge on any atom is 0.339 e. The monoisotopic (exact) mass is 264 g/mol. The van der Waals surface area contributed by atoms with E-state index in [1.807, 2.05) is 6.07 Å². The van der Waals surface area contributed by atoms with Crippen molar-refractivity contribution in [3.63, 3.8) is 0 Å². The van der Waals surface area contributed by atoms with Gasteiger partial charge in [0.05, 0.1) is 18.3 Å². The molecule has 0 saturated carbocycles. The summed E-state index contributed by atoms with van der Waals surface area (Å²) in [5.41, 5.74) is 0.473. The van der Waals surface area contributed by atoms with E-state index in [4.69, 9.17) is 4.74 Å². The lowest BCUT2D eigenvalue weighted by Crippen LogP contribution is -2.25. The van der Waals surface area contributed by atoms with E-state index < -0.39 is 0 Å². The van der Waals surface area contributed by atoms with Gasteiger partial charge in [-0.05, 0) is 38.3 Å². The van der Waals surface area contributed by atoms with E-state index in [9.17, 15) is 9.90 Å². The molecular weight excluding hydrogens is 244 g/mol. The number of nitrogens with zero attached hydrogens (tertiary/aromatic N) is 2. The van der Waals surface area contributed by atoms with Crippen molar-refractivity contribution in [1.82, 2.24) is 4.98 Å². The maximum atomic E-state index is 11.5. The van der Waals surface area contributed by atoms with E-state index in [1.165, 1.54) is 0 Å². The first kappa shape index (κ1) is 13.8. The summed E-state index contributed by atoms with van der Waals surface area (Å²) in [4.78, 5) is 18.0. The van der Waals surface area contributed by atoms with Gasteiger partial charge in [-0.3, -0.25) is 0 Å². The standard InChI is InChI=1S/C14H20N2O3/c1-2-19-14(18)11-5-6-13(15-10-11)16-8-3-4-12(17)7-9-16/h5-6,10,12,17H,2-4,7-9H2,1H3. The summed E-state index contributed by atoms with van der Waals surface area (Å²) in [6.07, 6.45) is 3.92. The molecule has 1 aliphatic heterocycles. The molecule has 19 heavy (non-hydrogen) atoms. The zero-order valence-electron chi connectivity index (χ0n) is 11.2. The fraction of sp³-hybridized carbons (Fsp3) is 0.571. The normalized spacial score (nSPS) is 19.9. The SMILES string of the molecule is CCOC(=O)c1ccc(N2CCCC(O)CC2)nc1. The molecule has 1 N–H and O–H groups in total. The number of aliphatic hydroxyl groups is 1. The average Bonchev–Trinajstić information content (AvgIpc) is 2.64. The Bertz CT molecular complexity index is 419. The number of hydrogen-bond acceptors (Lipinski definition) is 5. The van der Waals surface area contributed by atoms with E-state index in [0.717, 1.165) is 38.2 Å². The van der Waals surface area contributed by atoms with Gasteiger partial charge in [0.2, 0.25) is 0 Å². The van der Waals surface area contributed by atoms with E-state index in [0.29, 0.717) is 12.2 Å². The summed E-state index contributed by atoms with van der Waals surface area (Å²) in [5, 5.41) is 9.62. The smallest absolute Gasteiger partial charge is 0.339 e. The number of aliphatic hydroxyl groups excluding tert-OH is 1. The Morgan fingerprint density at radius 2 is 2.32 bits per heavy atom. The quantitative estimate of drug-likeness (QED) is 0.840. The van der Waals surface area contributed by atoms with Crippen LogP contribution in [0.5, 0.6) is 0 Å². The fourth-order valence-corrected chi connectivity index (χ4v) is 2.22. The molecule has 1 atom stereocenters. The van der Waals surface area contributed by atoms with Gasteiger partial charge in [-0.2, -0.15) is 0 Å². The molecule has 1 saturated heterocycles. The van der Waals surface area contributed by atoms with Gasteiger partial charge in [0.25, 0.3) is 0 Å². The number of esters is 1. The van der Waals surface area contributed by atoms with Crippen LogP contribution in [0.3, 0.4) is 0 Å². The Hall–Kier alpha value is -1.62. The molecule has 0 amide bonds. The molecular formula is C14H20N2O3. The molecule has 0 aliphatic carbocycles. The number of aromatic nitrogens is 1. The summed E-state index contributed by atoms with van der Waals surface area (Å²) < 4.78 is 4.92. The first-order valence-electron chi connectivity index (χ1n) is 6.77. The summed E-state index contributed by atoms with van der Waals surface area (Å²) in [6.45, 7) is 3.84. The highest BCUT2D eigenvalue weighted by atomic mass is 16.5. The topological polar surface area (TPSA) is 62.7 Å². The Labute approximate surface area is 113 Å². The van der Waals surface area contributed by atoms with Crippen molar-refractivity contribution in [2.75, 3.05) is 24.6 Å². The van der Waals surface area contributed by atoms with Gasteiger partial charge in [-0.15, -0.1) is 0 Å². The Balaban J connectivity index is 2.03. The zero-order chi connectivity index (χ0) is 13.7. The minimum absolute atomic E-state index is 0.205.